The lowest BCUT2D eigenvalue weighted by atomic mass is 9.89. The summed E-state index contributed by atoms with van der Waals surface area (Å²) >= 11 is 10.7. The standard InChI is InChI=1S/C15H4Cl2F17NO/c16-4-2-1-3-5(17)6(4)35-7(36)8(18,19)9(20,21)10(22,23)11(24,25)12(26,27)13(28,29)14(30,31)15(32,33)34/h1-3H,(H,35,36). The first kappa shape index (κ1) is 32.1. The lowest BCUT2D eigenvalue weighted by Gasteiger charge is -2.42. The van der Waals surface area contributed by atoms with Crippen LogP contribution in [0, 0.1) is 0 Å². The fourth-order valence-electron chi connectivity index (χ4n) is 2.12. The van der Waals surface area contributed by atoms with Gasteiger partial charge in [0.25, 0.3) is 0 Å². The van der Waals surface area contributed by atoms with E-state index in [2.05, 4.69) is 0 Å². The van der Waals surface area contributed by atoms with Crippen LogP contribution < -0.4 is 5.32 Å². The van der Waals surface area contributed by atoms with Crippen LogP contribution in [-0.4, -0.2) is 53.5 Å². The van der Waals surface area contributed by atoms with Crippen molar-refractivity contribution >= 4 is 34.8 Å². The summed E-state index contributed by atoms with van der Waals surface area (Å²) in [7, 11) is 0. The van der Waals surface area contributed by atoms with Crippen LogP contribution in [0.5, 0.6) is 0 Å². The van der Waals surface area contributed by atoms with Crippen LogP contribution in [0.4, 0.5) is 80.3 Å². The Hall–Kier alpha value is -1.92. The molecule has 0 bridgehead atoms. The molecule has 0 atom stereocenters. The Bertz CT molecular complexity index is 984. The van der Waals surface area contributed by atoms with E-state index in [-0.39, 0.29) is 0 Å². The molecule has 0 radical (unpaired) electrons. The first-order valence-electron chi connectivity index (χ1n) is 8.04. The maximum absolute atomic E-state index is 13.9. The van der Waals surface area contributed by atoms with Gasteiger partial charge < -0.3 is 5.32 Å². The molecular weight excluding hydrogens is 604 g/mol. The first-order chi connectivity index (χ1) is 15.6. The maximum atomic E-state index is 13.9. The van der Waals surface area contributed by atoms with Gasteiger partial charge in [-0.2, -0.15) is 74.6 Å². The molecule has 0 aliphatic carbocycles. The molecule has 0 aromatic heterocycles. The van der Waals surface area contributed by atoms with E-state index in [4.69, 9.17) is 23.2 Å². The molecule has 208 valence electrons. The molecule has 0 aliphatic heterocycles. The monoisotopic (exact) mass is 607 g/mol. The highest BCUT2D eigenvalue weighted by Crippen LogP contribution is 2.64. The molecule has 0 unspecified atom stereocenters. The number of anilines is 1. The van der Waals surface area contributed by atoms with Gasteiger partial charge in [0.05, 0.1) is 15.7 Å². The van der Waals surface area contributed by atoms with E-state index in [1.165, 1.54) is 0 Å². The molecule has 1 amide bonds. The normalized spacial score (nSPS) is 15.2. The van der Waals surface area contributed by atoms with Crippen molar-refractivity contribution in [1.82, 2.24) is 0 Å². The molecule has 0 saturated carbocycles. The zero-order chi connectivity index (χ0) is 29.1. The van der Waals surface area contributed by atoms with E-state index in [1.807, 2.05) is 0 Å². The van der Waals surface area contributed by atoms with Crippen molar-refractivity contribution in [1.29, 1.82) is 0 Å². The van der Waals surface area contributed by atoms with Crippen LogP contribution in [0.2, 0.25) is 10.0 Å². The highest BCUT2D eigenvalue weighted by molar-refractivity contribution is 6.39. The molecule has 0 spiro atoms. The number of carbonyl (C=O) groups is 1. The van der Waals surface area contributed by atoms with E-state index in [0.717, 1.165) is 6.07 Å². The summed E-state index contributed by atoms with van der Waals surface area (Å²) < 4.78 is 224. The molecule has 1 aromatic rings. The van der Waals surface area contributed by atoms with Crippen LogP contribution in [0.15, 0.2) is 18.2 Å². The number of benzene rings is 1. The number of hydrogen-bond donors (Lipinski definition) is 1. The second-order valence-electron chi connectivity index (χ2n) is 6.57. The van der Waals surface area contributed by atoms with Gasteiger partial charge in [0.2, 0.25) is 0 Å². The second kappa shape index (κ2) is 8.83. The van der Waals surface area contributed by atoms with Crippen molar-refractivity contribution in [2.24, 2.45) is 0 Å². The Kier molecular flexibility index (Phi) is 7.88. The number of halogens is 19. The first-order valence-corrected chi connectivity index (χ1v) is 8.79. The average Bonchev–Trinajstić information content (AvgIpc) is 2.68. The summed E-state index contributed by atoms with van der Waals surface area (Å²) in [6.07, 6.45) is -7.86. The van der Waals surface area contributed by atoms with Gasteiger partial charge in [-0.05, 0) is 12.1 Å². The molecule has 36 heavy (non-hydrogen) atoms. The zero-order valence-corrected chi connectivity index (χ0v) is 17.3. The van der Waals surface area contributed by atoms with Crippen LogP contribution >= 0.6 is 23.2 Å². The third-order valence-corrected chi connectivity index (χ3v) is 4.84. The van der Waals surface area contributed by atoms with Crippen molar-refractivity contribution in [2.75, 3.05) is 5.32 Å². The van der Waals surface area contributed by atoms with Gasteiger partial charge in [0.15, 0.2) is 0 Å². The van der Waals surface area contributed by atoms with Crippen molar-refractivity contribution in [3.8, 4) is 0 Å². The quantitative estimate of drug-likeness (QED) is 0.299. The zero-order valence-electron chi connectivity index (χ0n) is 15.8. The van der Waals surface area contributed by atoms with Crippen LogP contribution in [0.25, 0.3) is 0 Å². The predicted octanol–water partition coefficient (Wildman–Crippen LogP) is 7.94. The molecule has 21 heteroatoms. The van der Waals surface area contributed by atoms with Gasteiger partial charge in [-0.1, -0.05) is 29.3 Å². The fourth-order valence-corrected chi connectivity index (χ4v) is 2.61. The summed E-state index contributed by atoms with van der Waals surface area (Å²) in [6.45, 7) is 0. The fraction of sp³-hybridized carbons (Fsp3) is 0.533. The van der Waals surface area contributed by atoms with Crippen molar-refractivity contribution in [2.45, 2.75) is 47.6 Å². The van der Waals surface area contributed by atoms with Gasteiger partial charge in [0, 0.05) is 0 Å². The minimum Gasteiger partial charge on any atom is -0.318 e. The number of rotatable bonds is 8. The third kappa shape index (κ3) is 4.28. The van der Waals surface area contributed by atoms with Gasteiger partial charge >= 0.3 is 53.5 Å². The Labute approximate surface area is 196 Å². The van der Waals surface area contributed by atoms with E-state index >= 15 is 0 Å². The molecule has 0 saturated heterocycles. The van der Waals surface area contributed by atoms with Gasteiger partial charge in [-0.15, -0.1) is 0 Å². The Morgan fingerprint density at radius 1 is 0.556 bits per heavy atom. The number of para-hydroxylation sites is 1. The van der Waals surface area contributed by atoms with Gasteiger partial charge in [-0.3, -0.25) is 4.79 Å². The summed E-state index contributed by atoms with van der Waals surface area (Å²) in [5.41, 5.74) is -1.27. The van der Waals surface area contributed by atoms with E-state index in [1.54, 1.807) is 0 Å². The van der Waals surface area contributed by atoms with Crippen molar-refractivity contribution < 1.29 is 79.4 Å². The number of hydrogen-bond acceptors (Lipinski definition) is 1. The third-order valence-electron chi connectivity index (χ3n) is 4.21. The lowest BCUT2D eigenvalue weighted by molar-refractivity contribution is -0.459. The Morgan fingerprint density at radius 2 is 0.861 bits per heavy atom. The summed E-state index contributed by atoms with van der Waals surface area (Å²) in [5.74, 6) is -62.2. The molecule has 1 aromatic carbocycles. The molecule has 0 fully saturated rings. The summed E-state index contributed by atoms with van der Waals surface area (Å²) in [5, 5.41) is -1.12. The highest BCUT2D eigenvalue weighted by atomic mass is 35.5. The maximum Gasteiger partial charge on any atom is 0.460 e. The van der Waals surface area contributed by atoms with Crippen LogP contribution in [-0.2, 0) is 4.79 Å². The Morgan fingerprint density at radius 3 is 1.19 bits per heavy atom. The highest BCUT2D eigenvalue weighted by Gasteiger charge is 2.95. The Balaban J connectivity index is 3.63. The van der Waals surface area contributed by atoms with Crippen LogP contribution in [0.3, 0.4) is 0 Å². The molecule has 0 aliphatic rings. The van der Waals surface area contributed by atoms with Crippen molar-refractivity contribution in [3.63, 3.8) is 0 Å². The molecule has 1 rings (SSSR count). The second-order valence-corrected chi connectivity index (χ2v) is 7.38. The van der Waals surface area contributed by atoms with E-state index in [0.29, 0.717) is 17.4 Å². The topological polar surface area (TPSA) is 29.1 Å². The lowest BCUT2D eigenvalue weighted by Crippen LogP contribution is -2.75. The largest absolute Gasteiger partial charge is 0.460 e. The number of alkyl halides is 17. The van der Waals surface area contributed by atoms with E-state index < -0.39 is 69.3 Å². The number of carbonyl (C=O) groups excluding carboxylic acids is 1. The molecule has 2 nitrogen and oxygen atoms in total. The minimum atomic E-state index is -8.79. The summed E-state index contributed by atoms with van der Waals surface area (Å²) in [6, 6.07) is 2.33. The summed E-state index contributed by atoms with van der Waals surface area (Å²) in [4.78, 5) is 11.5. The SMILES string of the molecule is O=C(Nc1c(Cl)cccc1Cl)C(F)(F)C(F)(F)C(F)(F)C(F)(F)C(F)(F)C(F)(F)C(F)(F)C(F)(F)F. The average molecular weight is 608 g/mol. The predicted molar refractivity (Wildman–Crippen MR) is 85.8 cm³/mol. The van der Waals surface area contributed by atoms with Gasteiger partial charge in [0.1, 0.15) is 0 Å². The van der Waals surface area contributed by atoms with E-state index in [9.17, 15) is 79.4 Å². The smallest absolute Gasteiger partial charge is 0.318 e. The number of amides is 1. The molecule has 0 heterocycles. The molecular formula is C15H4Cl2F17NO. The number of nitrogens with one attached hydrogen (secondary N) is 1. The molecule has 1 N–H and O–H groups in total. The van der Waals surface area contributed by atoms with Crippen molar-refractivity contribution in [3.05, 3.63) is 28.2 Å². The van der Waals surface area contributed by atoms with Gasteiger partial charge in [-0.25, -0.2) is 0 Å². The minimum absolute atomic E-state index is 0.646. The van der Waals surface area contributed by atoms with Crippen LogP contribution in [0.1, 0.15) is 0 Å².